The molecule has 6 nitrogen and oxygen atoms in total. The van der Waals surface area contributed by atoms with Crippen LogP contribution < -0.4 is 10.6 Å². The van der Waals surface area contributed by atoms with Gasteiger partial charge in [0.05, 0.1) is 5.69 Å². The summed E-state index contributed by atoms with van der Waals surface area (Å²) in [5, 5.41) is 5.68. The van der Waals surface area contributed by atoms with E-state index in [4.69, 9.17) is 21.1 Å². The number of anilines is 1. The van der Waals surface area contributed by atoms with Gasteiger partial charge in [0.25, 0.3) is 0 Å². The summed E-state index contributed by atoms with van der Waals surface area (Å²) in [5.74, 6) is 0. The number of carbonyl (C=O) groups excluding carboxylic acids is 2. The van der Waals surface area contributed by atoms with E-state index in [1.54, 1.807) is 59.7 Å². The molecule has 2 amide bonds. The largest absolute Gasteiger partial charge is 0.444 e. The molecule has 0 saturated carbocycles. The molecule has 1 aromatic carbocycles. The summed E-state index contributed by atoms with van der Waals surface area (Å²) in [5.41, 5.74) is -0.177. The van der Waals surface area contributed by atoms with Crippen LogP contribution in [0, 0.1) is 0 Å². The lowest BCUT2D eigenvalue weighted by Gasteiger charge is -2.21. The average Bonchev–Trinajstić information content (AvgIpc) is 2.33. The minimum absolute atomic E-state index is 0.111. The third kappa shape index (κ3) is 7.55. The van der Waals surface area contributed by atoms with Crippen molar-refractivity contribution in [3.63, 3.8) is 0 Å². The van der Waals surface area contributed by atoms with E-state index in [0.717, 1.165) is 0 Å². The van der Waals surface area contributed by atoms with Gasteiger partial charge in [0.2, 0.25) is 0 Å². The Morgan fingerprint density at radius 2 is 1.54 bits per heavy atom. The van der Waals surface area contributed by atoms with Crippen LogP contribution in [-0.2, 0) is 16.0 Å². The van der Waals surface area contributed by atoms with E-state index in [1.165, 1.54) is 0 Å². The number of ether oxygens (including phenoxy) is 2. The van der Waals surface area contributed by atoms with Gasteiger partial charge < -0.3 is 14.8 Å². The van der Waals surface area contributed by atoms with Gasteiger partial charge in [0.1, 0.15) is 11.2 Å². The van der Waals surface area contributed by atoms with Crippen molar-refractivity contribution in [2.24, 2.45) is 0 Å². The maximum Gasteiger partial charge on any atom is 0.412 e. The van der Waals surface area contributed by atoms with E-state index in [0.29, 0.717) is 16.3 Å². The van der Waals surface area contributed by atoms with E-state index in [1.807, 2.05) is 0 Å². The van der Waals surface area contributed by atoms with Gasteiger partial charge in [-0.3, -0.25) is 5.32 Å². The number of alkyl carbamates (subject to hydrolysis) is 1. The summed E-state index contributed by atoms with van der Waals surface area (Å²) in [6.45, 7) is 10.8. The monoisotopic (exact) mass is 356 g/mol. The van der Waals surface area contributed by atoms with Crippen LogP contribution in [0.4, 0.5) is 15.3 Å². The first-order chi connectivity index (χ1) is 10.9. The number of hydrogen-bond acceptors (Lipinski definition) is 4. The lowest BCUT2D eigenvalue weighted by molar-refractivity contribution is 0.0523. The summed E-state index contributed by atoms with van der Waals surface area (Å²) in [6.07, 6.45) is -1.16. The normalized spacial score (nSPS) is 11.6. The Morgan fingerprint density at radius 1 is 1.00 bits per heavy atom. The summed E-state index contributed by atoms with van der Waals surface area (Å²) >= 11 is 6.18. The van der Waals surface area contributed by atoms with Gasteiger partial charge in [-0.2, -0.15) is 0 Å². The Morgan fingerprint density at radius 3 is 2.08 bits per heavy atom. The van der Waals surface area contributed by atoms with Crippen LogP contribution in [0.3, 0.4) is 0 Å². The molecule has 0 atom stereocenters. The fraction of sp³-hybridized carbons (Fsp3) is 0.529. The summed E-state index contributed by atoms with van der Waals surface area (Å²) < 4.78 is 10.4. The van der Waals surface area contributed by atoms with Crippen molar-refractivity contribution in [3.05, 3.63) is 28.8 Å². The van der Waals surface area contributed by atoms with E-state index in [2.05, 4.69) is 10.6 Å². The molecule has 0 unspecified atom stereocenters. The quantitative estimate of drug-likeness (QED) is 0.822. The molecule has 0 aliphatic rings. The molecule has 0 bridgehead atoms. The molecule has 0 aromatic heterocycles. The fourth-order valence-corrected chi connectivity index (χ4v) is 1.99. The van der Waals surface area contributed by atoms with Gasteiger partial charge in [0.15, 0.2) is 0 Å². The third-order valence-electron chi connectivity index (χ3n) is 2.56. The number of benzene rings is 1. The second-order valence-electron chi connectivity index (χ2n) is 7.25. The van der Waals surface area contributed by atoms with E-state index < -0.39 is 23.4 Å². The Hall–Kier alpha value is -1.95. The van der Waals surface area contributed by atoms with Crippen LogP contribution in [0.5, 0.6) is 0 Å². The van der Waals surface area contributed by atoms with Crippen LogP contribution in [0.25, 0.3) is 0 Å². The minimum Gasteiger partial charge on any atom is -0.444 e. The molecule has 1 aromatic rings. The Bertz CT molecular complexity index is 604. The highest BCUT2D eigenvalue weighted by Gasteiger charge is 2.19. The Labute approximate surface area is 147 Å². The molecule has 0 aliphatic carbocycles. The molecule has 134 valence electrons. The number of amides is 2. The highest BCUT2D eigenvalue weighted by atomic mass is 35.5. The number of rotatable bonds is 3. The summed E-state index contributed by atoms with van der Waals surface area (Å²) in [4.78, 5) is 23.7. The van der Waals surface area contributed by atoms with Crippen LogP contribution in [0.15, 0.2) is 18.2 Å². The Kier molecular flexibility index (Phi) is 6.49. The average molecular weight is 357 g/mol. The molecular weight excluding hydrogens is 332 g/mol. The van der Waals surface area contributed by atoms with Crippen molar-refractivity contribution in [2.75, 3.05) is 5.32 Å². The lowest BCUT2D eigenvalue weighted by Crippen LogP contribution is -2.32. The molecule has 0 spiro atoms. The maximum atomic E-state index is 11.9. The van der Waals surface area contributed by atoms with Gasteiger partial charge in [-0.1, -0.05) is 17.7 Å². The van der Waals surface area contributed by atoms with Crippen LogP contribution in [0.2, 0.25) is 5.02 Å². The van der Waals surface area contributed by atoms with Gasteiger partial charge in [-0.05, 0) is 53.7 Å². The standard InChI is InChI=1S/C17H25ClN2O4/c1-16(2,3)23-14(21)19-10-11-12(18)8-7-9-13(11)20-15(22)24-17(4,5)6/h7-9H,10H2,1-6H3,(H,19,21)(H,20,22). The zero-order valence-electron chi connectivity index (χ0n) is 15.0. The third-order valence-corrected chi connectivity index (χ3v) is 2.92. The smallest absolute Gasteiger partial charge is 0.412 e. The molecule has 24 heavy (non-hydrogen) atoms. The number of hydrogen-bond donors (Lipinski definition) is 2. The first kappa shape index (κ1) is 20.1. The molecular formula is C17H25ClN2O4. The molecule has 0 aliphatic heterocycles. The fourth-order valence-electron chi connectivity index (χ4n) is 1.74. The minimum atomic E-state index is -0.614. The second kappa shape index (κ2) is 7.75. The van der Waals surface area contributed by atoms with Crippen molar-refractivity contribution in [1.29, 1.82) is 0 Å². The zero-order valence-corrected chi connectivity index (χ0v) is 15.7. The Balaban J connectivity index is 2.81. The molecule has 0 radical (unpaired) electrons. The van der Waals surface area contributed by atoms with E-state index >= 15 is 0 Å². The molecule has 0 saturated heterocycles. The van der Waals surface area contributed by atoms with Crippen molar-refractivity contribution in [2.45, 2.75) is 59.3 Å². The molecule has 2 N–H and O–H groups in total. The predicted molar refractivity (Wildman–Crippen MR) is 94.4 cm³/mol. The van der Waals surface area contributed by atoms with Crippen LogP contribution >= 0.6 is 11.6 Å². The zero-order chi connectivity index (χ0) is 18.5. The van der Waals surface area contributed by atoms with E-state index in [9.17, 15) is 9.59 Å². The molecule has 7 heteroatoms. The van der Waals surface area contributed by atoms with Gasteiger partial charge >= 0.3 is 12.2 Å². The van der Waals surface area contributed by atoms with Crippen LogP contribution in [-0.4, -0.2) is 23.4 Å². The molecule has 1 rings (SSSR count). The van der Waals surface area contributed by atoms with Crippen molar-refractivity contribution < 1.29 is 19.1 Å². The topological polar surface area (TPSA) is 76.7 Å². The van der Waals surface area contributed by atoms with Crippen molar-refractivity contribution in [1.82, 2.24) is 5.32 Å². The highest BCUT2D eigenvalue weighted by Crippen LogP contribution is 2.25. The first-order valence-electron chi connectivity index (χ1n) is 7.61. The van der Waals surface area contributed by atoms with E-state index in [-0.39, 0.29) is 6.54 Å². The van der Waals surface area contributed by atoms with Gasteiger partial charge in [-0.15, -0.1) is 0 Å². The number of carbonyl (C=O) groups is 2. The molecule has 0 heterocycles. The van der Waals surface area contributed by atoms with Crippen LogP contribution in [0.1, 0.15) is 47.1 Å². The summed E-state index contributed by atoms with van der Waals surface area (Å²) in [6, 6.07) is 5.06. The second-order valence-corrected chi connectivity index (χ2v) is 7.66. The lowest BCUT2D eigenvalue weighted by atomic mass is 10.1. The number of nitrogens with one attached hydrogen (secondary N) is 2. The van der Waals surface area contributed by atoms with Gasteiger partial charge in [-0.25, -0.2) is 9.59 Å². The SMILES string of the molecule is CC(C)(C)OC(=O)NCc1c(Cl)cccc1NC(=O)OC(C)(C)C. The highest BCUT2D eigenvalue weighted by molar-refractivity contribution is 6.31. The predicted octanol–water partition coefficient (Wildman–Crippen LogP) is 4.71. The molecule has 0 fully saturated rings. The van der Waals surface area contributed by atoms with Crippen molar-refractivity contribution >= 4 is 29.5 Å². The first-order valence-corrected chi connectivity index (χ1v) is 7.99. The maximum absolute atomic E-state index is 11.9. The van der Waals surface area contributed by atoms with Crippen molar-refractivity contribution in [3.8, 4) is 0 Å². The number of halogens is 1. The van der Waals surface area contributed by atoms with Gasteiger partial charge in [0, 0.05) is 17.1 Å². The summed E-state index contributed by atoms with van der Waals surface area (Å²) in [7, 11) is 0.